The Labute approximate surface area is 258 Å². The van der Waals surface area contributed by atoms with Crippen LogP contribution < -0.4 is 5.32 Å². The smallest absolute Gasteiger partial charge is 0.341 e. The molecule has 4 unspecified atom stereocenters. The summed E-state index contributed by atoms with van der Waals surface area (Å²) < 4.78 is 0. The van der Waals surface area contributed by atoms with Gasteiger partial charge in [-0.15, -0.1) is 0 Å². The molecule has 1 saturated heterocycles. The van der Waals surface area contributed by atoms with Gasteiger partial charge >= 0.3 is 5.97 Å². The van der Waals surface area contributed by atoms with Crippen LogP contribution in [0, 0.1) is 11.8 Å². The van der Waals surface area contributed by atoms with Gasteiger partial charge in [0.25, 0.3) is 5.91 Å². The fourth-order valence-corrected chi connectivity index (χ4v) is 7.37. The van der Waals surface area contributed by atoms with E-state index in [0.29, 0.717) is 19.6 Å². The number of ketones is 2. The van der Waals surface area contributed by atoms with Gasteiger partial charge in [-0.2, -0.15) is 0 Å². The predicted octanol–water partition coefficient (Wildman–Crippen LogP) is -1.72. The third-order valence-electron chi connectivity index (χ3n) is 9.69. The van der Waals surface area contributed by atoms with Crippen LogP contribution in [0.25, 0.3) is 5.76 Å². The molecule has 1 saturated carbocycles. The minimum atomic E-state index is -2.93. The van der Waals surface area contributed by atoms with E-state index in [1.165, 1.54) is 49.0 Å². The first-order valence-corrected chi connectivity index (χ1v) is 14.6. The topological polar surface area (TPSA) is 232 Å². The number of nitrogens with one attached hydrogen (secondary N) is 1. The van der Waals surface area contributed by atoms with Crippen LogP contribution in [0.4, 0.5) is 0 Å². The summed E-state index contributed by atoms with van der Waals surface area (Å²) in [6.07, 6.45) is -1.93. The number of aliphatic hydroxyl groups excluding tert-OH is 3. The van der Waals surface area contributed by atoms with Crippen molar-refractivity contribution in [1.29, 1.82) is 0 Å². The molecule has 4 aliphatic rings. The Kier molecular flexibility index (Phi) is 8.31. The molecule has 0 aromatic heterocycles. The Balaban J connectivity index is 1.58. The van der Waals surface area contributed by atoms with E-state index < -0.39 is 87.1 Å². The number of rotatable bonds is 7. The van der Waals surface area contributed by atoms with Crippen LogP contribution in [0.1, 0.15) is 24.5 Å². The zero-order chi connectivity index (χ0) is 33.2. The van der Waals surface area contributed by atoms with Crippen molar-refractivity contribution in [3.05, 3.63) is 46.2 Å². The molecule has 1 aromatic carbocycles. The molecule has 1 aromatic rings. The first-order chi connectivity index (χ1) is 21.1. The summed E-state index contributed by atoms with van der Waals surface area (Å²) >= 11 is 0. The van der Waals surface area contributed by atoms with Crippen molar-refractivity contribution in [2.75, 3.05) is 53.4 Å². The maximum absolute atomic E-state index is 14.2. The lowest BCUT2D eigenvalue weighted by Crippen LogP contribution is -2.67. The van der Waals surface area contributed by atoms with Crippen LogP contribution >= 0.6 is 0 Å². The number of fused-ring (bicyclic) bond motifs is 3. The second kappa shape index (κ2) is 11.5. The molecule has 0 radical (unpaired) electrons. The highest BCUT2D eigenvalue weighted by Gasteiger charge is 2.66. The number of aromatic hydroxyl groups is 1. The molecule has 2 fully saturated rings. The second-order valence-electron chi connectivity index (χ2n) is 12.4. The first-order valence-electron chi connectivity index (χ1n) is 14.6. The molecular weight excluding hydrogens is 592 g/mol. The molecule has 244 valence electrons. The van der Waals surface area contributed by atoms with Crippen molar-refractivity contribution in [1.82, 2.24) is 20.0 Å². The SMILES string of the molecule is CN(C)C1C(=O)C(C(=O)NC(C(=O)O)N2CCN(CCO)CC2)=C(O)[C@@]2(O)C(=O)C3=C(O)c4c(O)cccc4[C@@](C)(O)C3CC12. The molecule has 0 spiro atoms. The van der Waals surface area contributed by atoms with Gasteiger partial charge in [0, 0.05) is 50.1 Å². The van der Waals surface area contributed by atoms with Gasteiger partial charge < -0.3 is 41.1 Å². The highest BCUT2D eigenvalue weighted by atomic mass is 16.4. The number of carboxylic acid groups (broad SMARTS) is 1. The molecular formula is C30H38N4O11. The van der Waals surface area contributed by atoms with Crippen molar-refractivity contribution >= 4 is 29.2 Å². The Hall–Kier alpha value is -3.86. The molecule has 8 N–H and O–H groups in total. The zero-order valence-electron chi connectivity index (χ0n) is 25.1. The van der Waals surface area contributed by atoms with E-state index in [9.17, 15) is 54.9 Å². The van der Waals surface area contributed by atoms with Crippen molar-refractivity contribution in [2.45, 2.75) is 36.8 Å². The maximum Gasteiger partial charge on any atom is 0.341 e. The van der Waals surface area contributed by atoms with E-state index in [-0.39, 0.29) is 37.2 Å². The number of nitrogens with zero attached hydrogens (tertiary/aromatic N) is 3. The number of likely N-dealkylation sites (N-methyl/N-ethyl adjacent to an activating group) is 1. The largest absolute Gasteiger partial charge is 0.508 e. The molecule has 15 nitrogen and oxygen atoms in total. The average Bonchev–Trinajstić information content (AvgIpc) is 2.97. The molecule has 6 atom stereocenters. The summed E-state index contributed by atoms with van der Waals surface area (Å²) in [5.74, 6) is -10.1. The molecule has 1 amide bonds. The number of hydrogen-bond donors (Lipinski definition) is 8. The highest BCUT2D eigenvalue weighted by Crippen LogP contribution is 2.57. The third kappa shape index (κ3) is 4.90. The zero-order valence-corrected chi connectivity index (χ0v) is 25.1. The predicted molar refractivity (Wildman–Crippen MR) is 156 cm³/mol. The fourth-order valence-electron chi connectivity index (χ4n) is 7.37. The van der Waals surface area contributed by atoms with Crippen molar-refractivity contribution in [3.63, 3.8) is 0 Å². The first kappa shape index (κ1) is 32.5. The number of carboxylic acids is 1. The number of phenolic OH excluding ortho intramolecular Hbond substituents is 1. The van der Waals surface area contributed by atoms with Crippen LogP contribution in [0.2, 0.25) is 0 Å². The highest BCUT2D eigenvalue weighted by molar-refractivity contribution is 6.25. The van der Waals surface area contributed by atoms with E-state index >= 15 is 0 Å². The van der Waals surface area contributed by atoms with E-state index in [1.807, 2.05) is 4.90 Å². The quantitative estimate of drug-likeness (QED) is 0.157. The number of Topliss-reactive ketones (excluding diaryl/α,β-unsaturated/α-hetero) is 2. The number of hydrogen-bond acceptors (Lipinski definition) is 13. The van der Waals surface area contributed by atoms with E-state index in [2.05, 4.69) is 5.32 Å². The number of carbonyl (C=O) groups excluding carboxylic acids is 3. The van der Waals surface area contributed by atoms with Crippen molar-refractivity contribution in [3.8, 4) is 5.75 Å². The molecule has 45 heavy (non-hydrogen) atoms. The molecule has 3 aliphatic carbocycles. The van der Waals surface area contributed by atoms with Crippen LogP contribution in [-0.4, -0.2) is 145 Å². The number of amides is 1. The summed E-state index contributed by atoms with van der Waals surface area (Å²) in [6.45, 7) is 2.88. The Morgan fingerprint density at radius 2 is 1.73 bits per heavy atom. The van der Waals surface area contributed by atoms with Crippen LogP contribution in [0.3, 0.4) is 0 Å². The van der Waals surface area contributed by atoms with Gasteiger partial charge in [0.05, 0.1) is 23.8 Å². The van der Waals surface area contributed by atoms with Crippen molar-refractivity contribution in [2.24, 2.45) is 11.8 Å². The van der Waals surface area contributed by atoms with Gasteiger partial charge in [-0.25, -0.2) is 4.79 Å². The summed E-state index contributed by atoms with van der Waals surface area (Å²) in [5, 5.41) is 78.3. The normalized spacial score (nSPS) is 31.4. The van der Waals surface area contributed by atoms with E-state index in [1.54, 1.807) is 0 Å². The Morgan fingerprint density at radius 1 is 1.09 bits per heavy atom. The van der Waals surface area contributed by atoms with Crippen LogP contribution in [0.5, 0.6) is 5.75 Å². The van der Waals surface area contributed by atoms with Gasteiger partial charge in [-0.1, -0.05) is 12.1 Å². The average molecular weight is 631 g/mol. The monoisotopic (exact) mass is 630 g/mol. The summed E-state index contributed by atoms with van der Waals surface area (Å²) in [5.41, 5.74) is -6.40. The number of aliphatic carboxylic acids is 1. The van der Waals surface area contributed by atoms with Gasteiger partial charge in [-0.3, -0.25) is 29.1 Å². The van der Waals surface area contributed by atoms with Crippen molar-refractivity contribution < 1.29 is 54.9 Å². The maximum atomic E-state index is 14.2. The molecule has 1 aliphatic heterocycles. The van der Waals surface area contributed by atoms with Gasteiger partial charge in [0.1, 0.15) is 22.8 Å². The Bertz CT molecular complexity index is 1510. The van der Waals surface area contributed by atoms with Gasteiger partial charge in [-0.05, 0) is 39.1 Å². The summed E-state index contributed by atoms with van der Waals surface area (Å²) in [6, 6.07) is 2.77. The number of aliphatic hydroxyl groups is 5. The standard InChI is InChI=1S/C30H38N4O11/c1-29(44)14-5-4-6-17(36)18(14)22(37)19-15(29)13-16-21(32(2)3)23(38)20(25(40)30(16,45)24(19)39)27(41)31-26(28(42)43)34-9-7-33(8-10-34)11-12-35/h4-6,15-16,21,26,35-37,40,44-45H,7-13H2,1-3H3,(H,31,41)(H,42,43)/t15?,16?,21?,26?,29-,30+/m1/s1. The van der Waals surface area contributed by atoms with Crippen LogP contribution in [-0.2, 0) is 24.8 Å². The van der Waals surface area contributed by atoms with Gasteiger partial charge in [0.15, 0.2) is 17.6 Å². The van der Waals surface area contributed by atoms with Gasteiger partial charge in [0.2, 0.25) is 5.78 Å². The minimum absolute atomic E-state index is 0.0784. The number of carbonyl (C=O) groups is 4. The molecule has 5 rings (SSSR count). The molecule has 1 heterocycles. The Morgan fingerprint density at radius 3 is 2.31 bits per heavy atom. The summed E-state index contributed by atoms with van der Waals surface area (Å²) in [7, 11) is 2.93. The van der Waals surface area contributed by atoms with Crippen LogP contribution in [0.15, 0.2) is 35.1 Å². The fraction of sp³-hybridized carbons (Fsp3) is 0.533. The number of benzene rings is 1. The molecule has 15 heteroatoms. The lowest BCUT2D eigenvalue weighted by molar-refractivity contribution is -0.159. The second-order valence-corrected chi connectivity index (χ2v) is 12.4. The number of β-amino-alcohol motifs (C(OH)–C–C–N with tert-alkyl or cyclic N) is 1. The number of piperazine rings is 1. The third-order valence-corrected chi connectivity index (χ3v) is 9.69. The minimum Gasteiger partial charge on any atom is -0.508 e. The lowest BCUT2D eigenvalue weighted by Gasteiger charge is -2.53. The lowest BCUT2D eigenvalue weighted by atomic mass is 9.54. The number of phenols is 1. The van der Waals surface area contributed by atoms with E-state index in [0.717, 1.165) is 0 Å². The van der Waals surface area contributed by atoms with E-state index in [4.69, 9.17) is 0 Å². The summed E-state index contributed by atoms with van der Waals surface area (Å²) in [4.78, 5) is 58.7. The molecule has 0 bridgehead atoms.